The van der Waals surface area contributed by atoms with Crippen LogP contribution in [-0.4, -0.2) is 18.0 Å². The molecule has 0 heterocycles. The first-order valence-electron chi connectivity index (χ1n) is 7.51. The fourth-order valence-electron chi connectivity index (χ4n) is 2.24. The molecule has 0 atom stereocenters. The third-order valence-corrected chi connectivity index (χ3v) is 3.66. The third-order valence-electron chi connectivity index (χ3n) is 3.66. The summed E-state index contributed by atoms with van der Waals surface area (Å²) in [7, 11) is 0. The zero-order valence-corrected chi connectivity index (χ0v) is 12.8. The molecular formula is C18H23FN2. The van der Waals surface area contributed by atoms with E-state index in [0.29, 0.717) is 6.54 Å². The van der Waals surface area contributed by atoms with Crippen molar-refractivity contribution in [2.75, 3.05) is 18.4 Å². The molecule has 0 aliphatic carbocycles. The van der Waals surface area contributed by atoms with E-state index < -0.39 is 0 Å². The summed E-state index contributed by atoms with van der Waals surface area (Å²) in [6.07, 6.45) is 0. The maximum absolute atomic E-state index is 12.8. The number of nitrogens with zero attached hydrogens (tertiary/aromatic N) is 1. The summed E-state index contributed by atoms with van der Waals surface area (Å²) in [5.41, 5.74) is 3.48. The van der Waals surface area contributed by atoms with Gasteiger partial charge in [-0.05, 0) is 48.5 Å². The van der Waals surface area contributed by atoms with Crippen LogP contribution in [0.3, 0.4) is 0 Å². The Hall–Kier alpha value is -1.87. The molecule has 0 spiro atoms. The van der Waals surface area contributed by atoms with Crippen LogP contribution in [0.4, 0.5) is 10.1 Å². The number of anilines is 1. The van der Waals surface area contributed by atoms with Crippen molar-refractivity contribution in [3.8, 4) is 0 Å². The van der Waals surface area contributed by atoms with Crippen molar-refractivity contribution >= 4 is 5.69 Å². The topological polar surface area (TPSA) is 15.3 Å². The number of rotatable bonds is 7. The van der Waals surface area contributed by atoms with Crippen LogP contribution in [0.1, 0.15) is 25.0 Å². The van der Waals surface area contributed by atoms with Crippen LogP contribution in [0.5, 0.6) is 0 Å². The highest BCUT2D eigenvalue weighted by molar-refractivity contribution is 5.45. The molecule has 2 rings (SSSR count). The van der Waals surface area contributed by atoms with Crippen LogP contribution in [0.15, 0.2) is 48.5 Å². The number of hydrogen-bond donors (Lipinski definition) is 1. The minimum Gasteiger partial charge on any atom is -0.381 e. The van der Waals surface area contributed by atoms with Crippen LogP contribution < -0.4 is 5.32 Å². The third kappa shape index (κ3) is 4.87. The monoisotopic (exact) mass is 286 g/mol. The number of benzene rings is 2. The molecule has 2 aromatic rings. The molecule has 3 heteroatoms. The summed E-state index contributed by atoms with van der Waals surface area (Å²) in [4.78, 5) is 2.39. The molecule has 1 N–H and O–H groups in total. The Balaban J connectivity index is 1.88. The molecule has 0 unspecified atom stereocenters. The molecule has 0 aliphatic rings. The first-order valence-corrected chi connectivity index (χ1v) is 7.51. The average Bonchev–Trinajstić information content (AvgIpc) is 2.53. The van der Waals surface area contributed by atoms with E-state index in [-0.39, 0.29) is 5.82 Å². The normalized spacial score (nSPS) is 10.9. The van der Waals surface area contributed by atoms with Crippen molar-refractivity contribution in [2.24, 2.45) is 0 Å². The van der Waals surface area contributed by atoms with Crippen molar-refractivity contribution in [1.29, 1.82) is 0 Å². The van der Waals surface area contributed by atoms with E-state index in [1.807, 2.05) is 0 Å². The summed E-state index contributed by atoms with van der Waals surface area (Å²) in [6.45, 7) is 8.20. The van der Waals surface area contributed by atoms with E-state index in [2.05, 4.69) is 48.3 Å². The van der Waals surface area contributed by atoms with Gasteiger partial charge in [0.15, 0.2) is 0 Å². The largest absolute Gasteiger partial charge is 0.381 e. The van der Waals surface area contributed by atoms with E-state index in [9.17, 15) is 4.39 Å². The zero-order valence-electron chi connectivity index (χ0n) is 12.8. The minimum atomic E-state index is -0.195. The highest BCUT2D eigenvalue weighted by atomic mass is 19.1. The van der Waals surface area contributed by atoms with Crippen LogP contribution in [0.2, 0.25) is 0 Å². The van der Waals surface area contributed by atoms with E-state index >= 15 is 0 Å². The van der Waals surface area contributed by atoms with Crippen molar-refractivity contribution in [1.82, 2.24) is 4.90 Å². The second kappa shape index (κ2) is 7.79. The van der Waals surface area contributed by atoms with Crippen molar-refractivity contribution in [2.45, 2.75) is 26.9 Å². The molecule has 21 heavy (non-hydrogen) atoms. The van der Waals surface area contributed by atoms with Gasteiger partial charge in [0, 0.05) is 18.8 Å². The predicted molar refractivity (Wildman–Crippen MR) is 86.8 cm³/mol. The summed E-state index contributed by atoms with van der Waals surface area (Å²) in [5, 5.41) is 3.35. The summed E-state index contributed by atoms with van der Waals surface area (Å²) >= 11 is 0. The Morgan fingerprint density at radius 3 is 2.00 bits per heavy atom. The summed E-state index contributed by atoms with van der Waals surface area (Å²) < 4.78 is 12.8. The quantitative estimate of drug-likeness (QED) is 0.817. The molecule has 0 saturated heterocycles. The Kier molecular flexibility index (Phi) is 5.76. The van der Waals surface area contributed by atoms with Crippen molar-refractivity contribution in [3.05, 3.63) is 65.5 Å². The maximum Gasteiger partial charge on any atom is 0.123 e. The first kappa shape index (κ1) is 15.5. The molecule has 0 radical (unpaired) electrons. The van der Waals surface area contributed by atoms with Gasteiger partial charge >= 0.3 is 0 Å². The second-order valence-electron chi connectivity index (χ2n) is 5.14. The van der Waals surface area contributed by atoms with E-state index in [1.54, 1.807) is 12.1 Å². The van der Waals surface area contributed by atoms with Gasteiger partial charge in [-0.3, -0.25) is 4.90 Å². The highest BCUT2D eigenvalue weighted by Crippen LogP contribution is 2.13. The molecule has 2 nitrogen and oxygen atoms in total. The lowest BCUT2D eigenvalue weighted by Crippen LogP contribution is -2.21. The number of hydrogen-bond acceptors (Lipinski definition) is 2. The van der Waals surface area contributed by atoms with E-state index in [0.717, 1.165) is 30.9 Å². The van der Waals surface area contributed by atoms with Gasteiger partial charge in [0.1, 0.15) is 5.82 Å². The predicted octanol–water partition coefficient (Wildman–Crippen LogP) is 4.28. The van der Waals surface area contributed by atoms with E-state index in [1.165, 1.54) is 17.7 Å². The van der Waals surface area contributed by atoms with Gasteiger partial charge in [0.05, 0.1) is 0 Å². The molecule has 0 aromatic heterocycles. The minimum absolute atomic E-state index is 0.195. The van der Waals surface area contributed by atoms with Gasteiger partial charge in [-0.2, -0.15) is 0 Å². The molecular weight excluding hydrogens is 263 g/mol. The average molecular weight is 286 g/mol. The number of halogens is 1. The molecule has 0 fully saturated rings. The highest BCUT2D eigenvalue weighted by Gasteiger charge is 2.01. The van der Waals surface area contributed by atoms with Crippen molar-refractivity contribution < 1.29 is 4.39 Å². The molecule has 2 aromatic carbocycles. The van der Waals surface area contributed by atoms with Gasteiger partial charge in [-0.25, -0.2) is 4.39 Å². The van der Waals surface area contributed by atoms with Gasteiger partial charge in [0.25, 0.3) is 0 Å². The zero-order chi connectivity index (χ0) is 15.1. The van der Waals surface area contributed by atoms with Gasteiger partial charge in [0.2, 0.25) is 0 Å². The molecule has 0 amide bonds. The van der Waals surface area contributed by atoms with Crippen LogP contribution >= 0.6 is 0 Å². The number of nitrogens with one attached hydrogen (secondary N) is 1. The van der Waals surface area contributed by atoms with Crippen LogP contribution in [0.25, 0.3) is 0 Å². The lowest BCUT2D eigenvalue weighted by atomic mass is 10.1. The van der Waals surface area contributed by atoms with Gasteiger partial charge in [-0.15, -0.1) is 0 Å². The maximum atomic E-state index is 12.8. The molecule has 112 valence electrons. The van der Waals surface area contributed by atoms with E-state index in [4.69, 9.17) is 0 Å². The SMILES string of the molecule is CCN(CC)Cc1ccc(NCc2ccc(F)cc2)cc1. The molecule has 0 saturated carbocycles. The smallest absolute Gasteiger partial charge is 0.123 e. The fourth-order valence-corrected chi connectivity index (χ4v) is 2.24. The van der Waals surface area contributed by atoms with Crippen LogP contribution in [-0.2, 0) is 13.1 Å². The molecule has 0 bridgehead atoms. The Morgan fingerprint density at radius 2 is 1.43 bits per heavy atom. The lowest BCUT2D eigenvalue weighted by molar-refractivity contribution is 0.296. The Bertz CT molecular complexity index is 530. The first-order chi connectivity index (χ1) is 10.2. The summed E-state index contributed by atoms with van der Waals surface area (Å²) in [5.74, 6) is -0.195. The van der Waals surface area contributed by atoms with Gasteiger partial charge in [-0.1, -0.05) is 38.1 Å². The Morgan fingerprint density at radius 1 is 0.857 bits per heavy atom. The summed E-state index contributed by atoms with van der Waals surface area (Å²) in [6, 6.07) is 15.1. The second-order valence-corrected chi connectivity index (χ2v) is 5.14. The Labute approximate surface area is 126 Å². The van der Waals surface area contributed by atoms with Crippen molar-refractivity contribution in [3.63, 3.8) is 0 Å². The standard InChI is InChI=1S/C18H23FN2/c1-3-21(4-2)14-16-7-11-18(12-8-16)20-13-15-5-9-17(19)10-6-15/h5-12,20H,3-4,13-14H2,1-2H3. The molecule has 0 aliphatic heterocycles. The van der Waals surface area contributed by atoms with Crippen LogP contribution in [0, 0.1) is 5.82 Å². The fraction of sp³-hybridized carbons (Fsp3) is 0.333. The lowest BCUT2D eigenvalue weighted by Gasteiger charge is -2.18. The van der Waals surface area contributed by atoms with Gasteiger partial charge < -0.3 is 5.32 Å².